The van der Waals surface area contributed by atoms with Crippen LogP contribution in [0.3, 0.4) is 0 Å². The molecule has 4 heterocycles. The van der Waals surface area contributed by atoms with Crippen LogP contribution in [0.4, 0.5) is 0 Å². The minimum Gasteiger partial charge on any atom is -0.278 e. The molecule has 0 N–H and O–H groups in total. The van der Waals surface area contributed by atoms with Crippen molar-refractivity contribution in [1.29, 1.82) is 0 Å². The number of hydrogen-bond donors (Lipinski definition) is 0. The van der Waals surface area contributed by atoms with Crippen LogP contribution < -0.4 is 0 Å². The number of benzene rings is 12. The van der Waals surface area contributed by atoms with Gasteiger partial charge in [0.1, 0.15) is 0 Å². The number of hydrogen-bond acceptors (Lipinski definition) is 4. The standard InChI is InChI=1S/C80H48N6/c1-2-11-45(12-3-1)64-43-65(58-37-52-29-23-46-13-8-14-47-24-30-53(38-58)74(52)71(46)47)82-79(81-64)85-69-22-7-5-20-63(69)77-70(85)36-35-62-61-19-4-6-21-68(61)86(78(62)77)80-83-66(59-39-54-31-25-48-15-9-16-49-26-32-55(40-59)75(54)72(48)49)44-67(84-80)60-41-56-33-27-50-17-10-18-51-28-34-57(42-60)76(56)73(50)51/h1-11,13-46,71H,12H2. The van der Waals surface area contributed by atoms with Crippen LogP contribution in [0, 0.1) is 5.92 Å². The van der Waals surface area contributed by atoms with Gasteiger partial charge in [-0.2, -0.15) is 0 Å². The quantitative estimate of drug-likeness (QED) is 0.156. The Hall–Kier alpha value is -11.1. The predicted octanol–water partition coefficient (Wildman–Crippen LogP) is 20.1. The van der Waals surface area contributed by atoms with E-state index in [9.17, 15) is 0 Å². The Morgan fingerprint density at radius 2 is 0.930 bits per heavy atom. The van der Waals surface area contributed by atoms with Gasteiger partial charge < -0.3 is 0 Å². The van der Waals surface area contributed by atoms with Gasteiger partial charge in [-0.15, -0.1) is 0 Å². The van der Waals surface area contributed by atoms with Crippen LogP contribution in [-0.2, 0) is 0 Å². The maximum Gasteiger partial charge on any atom is 0.235 e. The summed E-state index contributed by atoms with van der Waals surface area (Å²) in [6, 6.07) is 71.9. The number of fused-ring (bicyclic) bond motifs is 7. The van der Waals surface area contributed by atoms with Crippen LogP contribution in [0.2, 0.25) is 0 Å². The zero-order valence-electron chi connectivity index (χ0n) is 46.4. The topological polar surface area (TPSA) is 61.4 Å². The van der Waals surface area contributed by atoms with Gasteiger partial charge >= 0.3 is 0 Å². The van der Waals surface area contributed by atoms with Crippen molar-refractivity contribution < 1.29 is 0 Å². The lowest BCUT2D eigenvalue weighted by Crippen LogP contribution is -2.20. The highest BCUT2D eigenvalue weighted by atomic mass is 15.2. The molecule has 3 atom stereocenters. The molecule has 0 radical (unpaired) electrons. The highest BCUT2D eigenvalue weighted by molar-refractivity contribution is 6.27. The molecule has 4 aromatic heterocycles. The van der Waals surface area contributed by atoms with Crippen molar-refractivity contribution in [3.8, 4) is 45.7 Å². The molecule has 6 nitrogen and oxygen atoms in total. The Morgan fingerprint density at radius 1 is 0.372 bits per heavy atom. The second-order valence-electron chi connectivity index (χ2n) is 24.0. The van der Waals surface area contributed by atoms with E-state index in [2.05, 4.69) is 270 Å². The summed E-state index contributed by atoms with van der Waals surface area (Å²) in [4.78, 5) is 22.8. The molecule has 4 aliphatic rings. The predicted molar refractivity (Wildman–Crippen MR) is 357 cm³/mol. The Bertz CT molecular complexity index is 5600. The molecule has 0 spiro atoms. The molecule has 0 aliphatic heterocycles. The number of rotatable bonds is 6. The minimum absolute atomic E-state index is 0.0865. The molecule has 20 rings (SSSR count). The maximum atomic E-state index is 5.77. The number of aromatic nitrogens is 6. The average Bonchev–Trinajstić information content (AvgIpc) is 1.66. The average molecular weight is 1090 g/mol. The first-order chi connectivity index (χ1) is 42.6. The van der Waals surface area contributed by atoms with E-state index in [4.69, 9.17) is 19.9 Å². The normalized spacial score (nSPS) is 17.0. The monoisotopic (exact) mass is 1090 g/mol. The lowest BCUT2D eigenvalue weighted by Gasteiger charge is -2.35. The molecule has 0 bridgehead atoms. The smallest absolute Gasteiger partial charge is 0.235 e. The third kappa shape index (κ3) is 6.55. The number of para-hydroxylation sites is 2. The van der Waals surface area contributed by atoms with Crippen molar-refractivity contribution in [2.75, 3.05) is 0 Å². The fourth-order valence-corrected chi connectivity index (χ4v) is 15.6. The van der Waals surface area contributed by atoms with Crippen LogP contribution in [0.25, 0.3) is 166 Å². The molecule has 16 aromatic rings. The van der Waals surface area contributed by atoms with Crippen LogP contribution >= 0.6 is 0 Å². The van der Waals surface area contributed by atoms with Gasteiger partial charge in [-0.3, -0.25) is 9.13 Å². The summed E-state index contributed by atoms with van der Waals surface area (Å²) in [6.07, 6.45) is 25.8. The van der Waals surface area contributed by atoms with Crippen LogP contribution in [-0.4, -0.2) is 29.1 Å². The van der Waals surface area contributed by atoms with Gasteiger partial charge in [-0.05, 0) is 160 Å². The van der Waals surface area contributed by atoms with Crippen molar-refractivity contribution in [3.63, 3.8) is 0 Å². The van der Waals surface area contributed by atoms with Crippen molar-refractivity contribution in [2.45, 2.75) is 18.3 Å². The number of allylic oxidation sites excluding steroid dienone is 10. The summed E-state index contributed by atoms with van der Waals surface area (Å²) in [5.74, 6) is 2.01. The summed E-state index contributed by atoms with van der Waals surface area (Å²) in [7, 11) is 0. The molecular formula is C80H48N6. The summed E-state index contributed by atoms with van der Waals surface area (Å²) < 4.78 is 4.64. The van der Waals surface area contributed by atoms with Crippen LogP contribution in [0.15, 0.2) is 254 Å². The summed E-state index contributed by atoms with van der Waals surface area (Å²) in [5.41, 5.74) is 16.1. The Kier molecular flexibility index (Phi) is 9.31. The first kappa shape index (κ1) is 46.4. The Morgan fingerprint density at radius 3 is 1.57 bits per heavy atom. The van der Waals surface area contributed by atoms with E-state index in [1.807, 2.05) is 0 Å². The van der Waals surface area contributed by atoms with Gasteiger partial charge in [0.05, 0.1) is 44.8 Å². The van der Waals surface area contributed by atoms with Gasteiger partial charge in [0, 0.05) is 56.0 Å². The zero-order valence-corrected chi connectivity index (χ0v) is 46.4. The highest BCUT2D eigenvalue weighted by Gasteiger charge is 2.33. The third-order valence-electron chi connectivity index (χ3n) is 19.4. The molecule has 4 aliphatic carbocycles. The first-order valence-electron chi connectivity index (χ1n) is 29.9. The lowest BCUT2D eigenvalue weighted by molar-refractivity contribution is 0.664. The number of nitrogens with zero attached hydrogens (tertiary/aromatic N) is 6. The minimum atomic E-state index is 0.0865. The molecule has 398 valence electrons. The lowest BCUT2D eigenvalue weighted by atomic mass is 9.68. The molecule has 12 aromatic carbocycles. The van der Waals surface area contributed by atoms with Gasteiger partial charge in [0.25, 0.3) is 0 Å². The van der Waals surface area contributed by atoms with Gasteiger partial charge in [0.2, 0.25) is 11.9 Å². The van der Waals surface area contributed by atoms with E-state index in [0.29, 0.717) is 23.7 Å². The van der Waals surface area contributed by atoms with E-state index in [1.54, 1.807) is 0 Å². The maximum absolute atomic E-state index is 5.77. The van der Waals surface area contributed by atoms with Crippen molar-refractivity contribution in [3.05, 3.63) is 277 Å². The molecule has 86 heavy (non-hydrogen) atoms. The van der Waals surface area contributed by atoms with Crippen LogP contribution in [0.1, 0.15) is 40.6 Å². The zero-order chi connectivity index (χ0) is 55.9. The molecular weight excluding hydrogens is 1040 g/mol. The van der Waals surface area contributed by atoms with Gasteiger partial charge in [-0.25, -0.2) is 19.9 Å². The van der Waals surface area contributed by atoms with E-state index in [0.717, 1.165) is 89.5 Å². The Labute approximate surface area is 493 Å². The van der Waals surface area contributed by atoms with Crippen molar-refractivity contribution >= 4 is 120 Å². The SMILES string of the molecule is C1=CCC(c2cc(-c3cc4c5c(c3)C=CC3C=CC=C(C=C4)C53)nc(-n3c4ccccc4c4c3ccc3c5ccccc5n(-c5nc(-c6cc7ccc8cccc9ccc(c6)c7c89)cc(-c6cc7ccc8cccc9ccc(c6)c7c89)n5)c34)n2)C=C1. The molecule has 0 saturated heterocycles. The van der Waals surface area contributed by atoms with Crippen LogP contribution in [0.5, 0.6) is 0 Å². The second-order valence-corrected chi connectivity index (χ2v) is 24.0. The van der Waals surface area contributed by atoms with E-state index in [1.165, 1.54) is 86.9 Å². The third-order valence-corrected chi connectivity index (χ3v) is 19.4. The molecule has 3 unspecified atom stereocenters. The summed E-state index contributed by atoms with van der Waals surface area (Å²) in [6.45, 7) is 0. The second kappa shape index (κ2) is 17.3. The molecule has 0 amide bonds. The first-order valence-corrected chi connectivity index (χ1v) is 29.9. The van der Waals surface area contributed by atoms with Crippen molar-refractivity contribution in [2.24, 2.45) is 5.92 Å². The van der Waals surface area contributed by atoms with E-state index < -0.39 is 0 Å². The molecule has 6 heteroatoms. The largest absolute Gasteiger partial charge is 0.278 e. The Balaban J connectivity index is 0.844. The van der Waals surface area contributed by atoms with Gasteiger partial charge in [-0.1, -0.05) is 194 Å². The fourth-order valence-electron chi connectivity index (χ4n) is 15.6. The molecule has 0 saturated carbocycles. The summed E-state index contributed by atoms with van der Waals surface area (Å²) >= 11 is 0. The fraction of sp³-hybridized carbons (Fsp3) is 0.0500. The van der Waals surface area contributed by atoms with E-state index in [-0.39, 0.29) is 5.92 Å². The van der Waals surface area contributed by atoms with Gasteiger partial charge in [0.15, 0.2) is 0 Å². The van der Waals surface area contributed by atoms with Crippen molar-refractivity contribution in [1.82, 2.24) is 29.1 Å². The van der Waals surface area contributed by atoms with E-state index >= 15 is 0 Å². The highest BCUT2D eigenvalue weighted by Crippen LogP contribution is 2.49. The molecule has 0 fully saturated rings. The summed E-state index contributed by atoms with van der Waals surface area (Å²) in [5, 5.41) is 19.3.